The maximum atomic E-state index is 11.2. The molecular weight excluding hydrogens is 190 g/mol. The molecular formula is C7H11N3O2S. The molecule has 1 atom stereocenters. The van der Waals surface area contributed by atoms with Gasteiger partial charge in [-0.3, -0.25) is 4.79 Å². The molecule has 72 valence electrons. The summed E-state index contributed by atoms with van der Waals surface area (Å²) in [6, 6.07) is 0. The summed E-state index contributed by atoms with van der Waals surface area (Å²) in [6.07, 6.45) is 1.55. The number of hydrogen-bond donors (Lipinski definition) is 2. The van der Waals surface area contributed by atoms with Gasteiger partial charge in [-0.15, -0.1) is 5.10 Å². The van der Waals surface area contributed by atoms with Gasteiger partial charge in [0, 0.05) is 6.54 Å². The molecule has 0 bridgehead atoms. The molecule has 6 heteroatoms. The van der Waals surface area contributed by atoms with Gasteiger partial charge in [-0.05, 0) is 18.0 Å². The maximum absolute atomic E-state index is 11.2. The molecule has 0 saturated heterocycles. The molecule has 1 rings (SSSR count). The molecule has 0 aliphatic carbocycles. The lowest BCUT2D eigenvalue weighted by atomic mass is 10.3. The molecule has 0 aromatic carbocycles. The van der Waals surface area contributed by atoms with Crippen LogP contribution in [-0.2, 0) is 0 Å². The largest absolute Gasteiger partial charge is 0.391 e. The smallest absolute Gasteiger partial charge is 0.264 e. The molecule has 1 aromatic heterocycles. The van der Waals surface area contributed by atoms with E-state index >= 15 is 0 Å². The maximum Gasteiger partial charge on any atom is 0.264 e. The van der Waals surface area contributed by atoms with Crippen LogP contribution >= 0.6 is 11.5 Å². The van der Waals surface area contributed by atoms with Crippen LogP contribution in [0.25, 0.3) is 0 Å². The quantitative estimate of drug-likeness (QED) is 0.721. The SMILES string of the molecule is CCC(O)CNC(=O)c1cnns1. The Morgan fingerprint density at radius 3 is 3.15 bits per heavy atom. The Morgan fingerprint density at radius 2 is 2.62 bits per heavy atom. The Hall–Kier alpha value is -1.01. The van der Waals surface area contributed by atoms with E-state index in [1.807, 2.05) is 6.92 Å². The first-order chi connectivity index (χ1) is 6.24. The summed E-state index contributed by atoms with van der Waals surface area (Å²) in [5.74, 6) is -0.234. The lowest BCUT2D eigenvalue weighted by molar-refractivity contribution is 0.0917. The summed E-state index contributed by atoms with van der Waals surface area (Å²) < 4.78 is 3.56. The fourth-order valence-corrected chi connectivity index (χ4v) is 1.14. The van der Waals surface area contributed by atoms with E-state index in [0.717, 1.165) is 11.5 Å². The Balaban J connectivity index is 2.35. The van der Waals surface area contributed by atoms with Crippen LogP contribution in [0.2, 0.25) is 0 Å². The number of aromatic nitrogens is 2. The van der Waals surface area contributed by atoms with Crippen LogP contribution in [0.15, 0.2) is 6.20 Å². The number of nitrogens with one attached hydrogen (secondary N) is 1. The van der Waals surface area contributed by atoms with Crippen molar-refractivity contribution in [1.82, 2.24) is 14.9 Å². The van der Waals surface area contributed by atoms with Crippen LogP contribution in [0.1, 0.15) is 23.0 Å². The first-order valence-electron chi connectivity index (χ1n) is 3.97. The Morgan fingerprint density at radius 1 is 1.85 bits per heavy atom. The molecule has 5 nitrogen and oxygen atoms in total. The van der Waals surface area contributed by atoms with E-state index in [-0.39, 0.29) is 12.5 Å². The van der Waals surface area contributed by atoms with Crippen LogP contribution < -0.4 is 5.32 Å². The first kappa shape index (κ1) is 10.1. The van der Waals surface area contributed by atoms with Gasteiger partial charge < -0.3 is 10.4 Å². The fourth-order valence-electron chi connectivity index (χ4n) is 0.709. The number of nitrogens with zero attached hydrogens (tertiary/aromatic N) is 2. The number of aliphatic hydroxyl groups is 1. The minimum Gasteiger partial charge on any atom is -0.391 e. The topological polar surface area (TPSA) is 75.1 Å². The summed E-state index contributed by atoms with van der Waals surface area (Å²) in [4.78, 5) is 11.7. The zero-order valence-electron chi connectivity index (χ0n) is 7.23. The normalized spacial score (nSPS) is 12.5. The second-order valence-electron chi connectivity index (χ2n) is 2.55. The molecule has 1 aromatic rings. The van der Waals surface area contributed by atoms with Crippen molar-refractivity contribution in [2.24, 2.45) is 0 Å². The third kappa shape index (κ3) is 3.08. The molecule has 0 aliphatic rings. The highest BCUT2D eigenvalue weighted by Crippen LogP contribution is 2.00. The van der Waals surface area contributed by atoms with Gasteiger partial charge in [-0.2, -0.15) is 0 Å². The van der Waals surface area contributed by atoms with Crippen molar-refractivity contribution < 1.29 is 9.90 Å². The van der Waals surface area contributed by atoms with Crippen molar-refractivity contribution >= 4 is 17.4 Å². The summed E-state index contributed by atoms with van der Waals surface area (Å²) in [6.45, 7) is 2.12. The highest BCUT2D eigenvalue weighted by Gasteiger charge is 2.09. The highest BCUT2D eigenvalue weighted by molar-refractivity contribution is 7.07. The van der Waals surface area contributed by atoms with E-state index in [1.165, 1.54) is 6.20 Å². The summed E-state index contributed by atoms with van der Waals surface area (Å²) in [7, 11) is 0. The van der Waals surface area contributed by atoms with E-state index in [1.54, 1.807) is 0 Å². The minimum absolute atomic E-state index is 0.234. The summed E-state index contributed by atoms with van der Waals surface area (Å²) in [5, 5.41) is 15.3. The number of carbonyl (C=O) groups is 1. The lowest BCUT2D eigenvalue weighted by Crippen LogP contribution is -2.31. The van der Waals surface area contributed by atoms with E-state index in [4.69, 9.17) is 5.11 Å². The number of carbonyl (C=O) groups excluding carboxylic acids is 1. The molecule has 1 amide bonds. The Bertz CT molecular complexity index is 263. The Labute approximate surface area is 80.0 Å². The standard InChI is InChI=1S/C7H11N3O2S/c1-2-5(11)3-8-7(12)6-4-9-10-13-6/h4-5,11H,2-3H2,1H3,(H,8,12). The second kappa shape index (κ2) is 4.88. The fraction of sp³-hybridized carbons (Fsp3) is 0.571. The van der Waals surface area contributed by atoms with Gasteiger partial charge in [-0.1, -0.05) is 11.4 Å². The van der Waals surface area contributed by atoms with Crippen molar-refractivity contribution in [3.8, 4) is 0 Å². The first-order valence-corrected chi connectivity index (χ1v) is 4.75. The predicted octanol–water partition coefficient (Wildman–Crippen LogP) is 0.0388. The molecule has 1 heterocycles. The van der Waals surface area contributed by atoms with Gasteiger partial charge in [0.25, 0.3) is 5.91 Å². The van der Waals surface area contributed by atoms with E-state index in [2.05, 4.69) is 14.9 Å². The average Bonchev–Trinajstić information content (AvgIpc) is 2.66. The monoisotopic (exact) mass is 201 g/mol. The Kier molecular flexibility index (Phi) is 3.78. The van der Waals surface area contributed by atoms with Crippen LogP contribution in [0.5, 0.6) is 0 Å². The highest BCUT2D eigenvalue weighted by atomic mass is 32.1. The average molecular weight is 201 g/mol. The van der Waals surface area contributed by atoms with Crippen molar-refractivity contribution in [3.05, 3.63) is 11.1 Å². The van der Waals surface area contributed by atoms with Crippen LogP contribution in [-0.4, -0.2) is 33.2 Å². The second-order valence-corrected chi connectivity index (χ2v) is 3.34. The zero-order valence-corrected chi connectivity index (χ0v) is 8.04. The van der Waals surface area contributed by atoms with Crippen LogP contribution in [0, 0.1) is 0 Å². The molecule has 0 aliphatic heterocycles. The predicted molar refractivity (Wildman–Crippen MR) is 48.5 cm³/mol. The van der Waals surface area contributed by atoms with Crippen molar-refractivity contribution in [3.63, 3.8) is 0 Å². The summed E-state index contributed by atoms with van der Waals surface area (Å²) in [5.41, 5.74) is 0. The minimum atomic E-state index is -0.482. The molecule has 0 radical (unpaired) electrons. The lowest BCUT2D eigenvalue weighted by Gasteiger charge is -2.07. The number of hydrogen-bond acceptors (Lipinski definition) is 5. The molecule has 13 heavy (non-hydrogen) atoms. The molecule has 2 N–H and O–H groups in total. The number of rotatable bonds is 4. The third-order valence-corrected chi connectivity index (χ3v) is 2.22. The van der Waals surface area contributed by atoms with Gasteiger partial charge in [0.05, 0.1) is 12.3 Å². The van der Waals surface area contributed by atoms with E-state index < -0.39 is 6.10 Å². The van der Waals surface area contributed by atoms with Gasteiger partial charge in [0.2, 0.25) is 0 Å². The van der Waals surface area contributed by atoms with Gasteiger partial charge in [-0.25, -0.2) is 0 Å². The van der Waals surface area contributed by atoms with Gasteiger partial charge in [0.1, 0.15) is 4.88 Å². The van der Waals surface area contributed by atoms with Crippen LogP contribution in [0.3, 0.4) is 0 Å². The van der Waals surface area contributed by atoms with E-state index in [0.29, 0.717) is 11.3 Å². The van der Waals surface area contributed by atoms with Gasteiger partial charge >= 0.3 is 0 Å². The zero-order chi connectivity index (χ0) is 9.68. The molecule has 0 fully saturated rings. The molecule has 0 spiro atoms. The van der Waals surface area contributed by atoms with E-state index in [9.17, 15) is 4.79 Å². The van der Waals surface area contributed by atoms with Crippen molar-refractivity contribution in [2.75, 3.05) is 6.54 Å². The van der Waals surface area contributed by atoms with Gasteiger partial charge in [0.15, 0.2) is 0 Å². The third-order valence-electron chi connectivity index (χ3n) is 1.55. The summed E-state index contributed by atoms with van der Waals surface area (Å²) >= 11 is 1.04. The molecule has 0 saturated carbocycles. The van der Waals surface area contributed by atoms with Crippen LogP contribution in [0.4, 0.5) is 0 Å². The molecule has 1 unspecified atom stereocenters. The number of amides is 1. The number of aliphatic hydroxyl groups excluding tert-OH is 1. The van der Waals surface area contributed by atoms with Crippen molar-refractivity contribution in [2.45, 2.75) is 19.4 Å². The van der Waals surface area contributed by atoms with Crippen molar-refractivity contribution in [1.29, 1.82) is 0 Å².